The van der Waals surface area contributed by atoms with E-state index in [1.54, 1.807) is 0 Å². The molecule has 0 aliphatic rings. The number of rotatable bonds is 3. The quantitative estimate of drug-likeness (QED) is 0.836. The van der Waals surface area contributed by atoms with Crippen LogP contribution in [0.5, 0.6) is 0 Å². The SMILES string of the molecule is CNC(Cc1cc(F)ccc1F)C(C)(C)C. The van der Waals surface area contributed by atoms with Gasteiger partial charge in [0.25, 0.3) is 0 Å². The van der Waals surface area contributed by atoms with Crippen LogP contribution in [0.2, 0.25) is 0 Å². The Balaban J connectivity index is 2.90. The van der Waals surface area contributed by atoms with Crippen molar-refractivity contribution < 1.29 is 8.78 Å². The zero-order chi connectivity index (χ0) is 12.3. The molecule has 0 bridgehead atoms. The van der Waals surface area contributed by atoms with Gasteiger partial charge in [-0.25, -0.2) is 8.78 Å². The van der Waals surface area contributed by atoms with Gasteiger partial charge < -0.3 is 5.32 Å². The molecule has 0 aliphatic heterocycles. The van der Waals surface area contributed by atoms with E-state index in [9.17, 15) is 8.78 Å². The lowest BCUT2D eigenvalue weighted by Crippen LogP contribution is -2.40. The van der Waals surface area contributed by atoms with Gasteiger partial charge in [0, 0.05) is 6.04 Å². The van der Waals surface area contributed by atoms with Gasteiger partial charge in [0.1, 0.15) is 11.6 Å². The number of benzene rings is 1. The lowest BCUT2D eigenvalue weighted by Gasteiger charge is -2.30. The van der Waals surface area contributed by atoms with Gasteiger partial charge in [-0.15, -0.1) is 0 Å². The van der Waals surface area contributed by atoms with E-state index in [4.69, 9.17) is 0 Å². The summed E-state index contributed by atoms with van der Waals surface area (Å²) in [6.45, 7) is 6.22. The summed E-state index contributed by atoms with van der Waals surface area (Å²) in [6.07, 6.45) is 0.490. The summed E-state index contributed by atoms with van der Waals surface area (Å²) in [6, 6.07) is 3.71. The second-order valence-corrected chi connectivity index (χ2v) is 5.15. The summed E-state index contributed by atoms with van der Waals surface area (Å²) >= 11 is 0. The molecule has 0 amide bonds. The summed E-state index contributed by atoms with van der Waals surface area (Å²) in [5, 5.41) is 3.15. The highest BCUT2D eigenvalue weighted by Gasteiger charge is 2.24. The highest BCUT2D eigenvalue weighted by Crippen LogP contribution is 2.23. The molecule has 0 fully saturated rings. The van der Waals surface area contributed by atoms with Crippen LogP contribution < -0.4 is 5.32 Å². The maximum absolute atomic E-state index is 13.5. The molecule has 0 saturated heterocycles. The van der Waals surface area contributed by atoms with E-state index >= 15 is 0 Å². The Morgan fingerprint density at radius 1 is 1.25 bits per heavy atom. The largest absolute Gasteiger partial charge is 0.316 e. The molecule has 1 rings (SSSR count). The van der Waals surface area contributed by atoms with Crippen LogP contribution in [0.15, 0.2) is 18.2 Å². The molecule has 1 atom stereocenters. The molecule has 0 aliphatic carbocycles. The van der Waals surface area contributed by atoms with Crippen molar-refractivity contribution in [3.8, 4) is 0 Å². The molecular formula is C13H19F2N. The molecule has 90 valence electrons. The van der Waals surface area contributed by atoms with Crippen LogP contribution >= 0.6 is 0 Å². The first-order valence-corrected chi connectivity index (χ1v) is 5.46. The number of hydrogen-bond donors (Lipinski definition) is 1. The smallest absolute Gasteiger partial charge is 0.126 e. The van der Waals surface area contributed by atoms with E-state index in [0.29, 0.717) is 12.0 Å². The van der Waals surface area contributed by atoms with Crippen molar-refractivity contribution in [3.63, 3.8) is 0 Å². The van der Waals surface area contributed by atoms with Crippen LogP contribution in [-0.2, 0) is 6.42 Å². The Morgan fingerprint density at radius 3 is 2.38 bits per heavy atom. The maximum atomic E-state index is 13.5. The van der Waals surface area contributed by atoms with Crippen molar-refractivity contribution >= 4 is 0 Å². The van der Waals surface area contributed by atoms with Gasteiger partial charge in [0.2, 0.25) is 0 Å². The number of nitrogens with one attached hydrogen (secondary N) is 1. The van der Waals surface area contributed by atoms with Gasteiger partial charge in [-0.1, -0.05) is 20.8 Å². The van der Waals surface area contributed by atoms with Crippen LogP contribution in [-0.4, -0.2) is 13.1 Å². The Morgan fingerprint density at radius 2 is 1.88 bits per heavy atom. The number of hydrogen-bond acceptors (Lipinski definition) is 1. The van der Waals surface area contributed by atoms with E-state index in [0.717, 1.165) is 6.07 Å². The lowest BCUT2D eigenvalue weighted by atomic mass is 9.83. The zero-order valence-electron chi connectivity index (χ0n) is 10.3. The van der Waals surface area contributed by atoms with Gasteiger partial charge in [-0.05, 0) is 42.6 Å². The van der Waals surface area contributed by atoms with Crippen LogP contribution in [0.3, 0.4) is 0 Å². The van der Waals surface area contributed by atoms with E-state index in [1.165, 1.54) is 12.1 Å². The van der Waals surface area contributed by atoms with Gasteiger partial charge >= 0.3 is 0 Å². The van der Waals surface area contributed by atoms with Crippen LogP contribution in [0, 0.1) is 17.0 Å². The Kier molecular flexibility index (Phi) is 4.03. The summed E-state index contributed by atoms with van der Waals surface area (Å²) in [5.74, 6) is -0.730. The average molecular weight is 227 g/mol. The number of likely N-dealkylation sites (N-methyl/N-ethyl adjacent to an activating group) is 1. The van der Waals surface area contributed by atoms with E-state index < -0.39 is 0 Å². The molecule has 1 unspecified atom stereocenters. The molecule has 1 nitrogen and oxygen atoms in total. The van der Waals surface area contributed by atoms with Crippen molar-refractivity contribution in [1.29, 1.82) is 0 Å². The summed E-state index contributed by atoms with van der Waals surface area (Å²) < 4.78 is 26.5. The van der Waals surface area contributed by atoms with Crippen LogP contribution in [0.1, 0.15) is 26.3 Å². The molecule has 1 aromatic carbocycles. The molecule has 1 aromatic rings. The molecule has 0 heterocycles. The van der Waals surface area contributed by atoms with Crippen molar-refractivity contribution in [3.05, 3.63) is 35.4 Å². The number of halogens is 2. The van der Waals surface area contributed by atoms with Gasteiger partial charge in [0.15, 0.2) is 0 Å². The predicted molar refractivity (Wildman–Crippen MR) is 62.4 cm³/mol. The molecule has 16 heavy (non-hydrogen) atoms. The molecular weight excluding hydrogens is 208 g/mol. The summed E-state index contributed by atoms with van der Waals surface area (Å²) in [4.78, 5) is 0. The van der Waals surface area contributed by atoms with Gasteiger partial charge in [-0.3, -0.25) is 0 Å². The highest BCUT2D eigenvalue weighted by atomic mass is 19.1. The van der Waals surface area contributed by atoms with Crippen LogP contribution in [0.25, 0.3) is 0 Å². The minimum Gasteiger partial charge on any atom is -0.316 e. The Hall–Kier alpha value is -0.960. The fourth-order valence-corrected chi connectivity index (χ4v) is 1.76. The highest BCUT2D eigenvalue weighted by molar-refractivity contribution is 5.20. The first-order valence-electron chi connectivity index (χ1n) is 5.46. The minimum absolute atomic E-state index is 0.00745. The van der Waals surface area contributed by atoms with E-state index in [-0.39, 0.29) is 23.1 Å². The molecule has 1 N–H and O–H groups in total. The van der Waals surface area contributed by atoms with Crippen molar-refractivity contribution in [2.24, 2.45) is 5.41 Å². The molecule has 3 heteroatoms. The lowest BCUT2D eigenvalue weighted by molar-refractivity contribution is 0.277. The topological polar surface area (TPSA) is 12.0 Å². The predicted octanol–water partition coefficient (Wildman–Crippen LogP) is 3.14. The average Bonchev–Trinajstić information content (AvgIpc) is 2.17. The first kappa shape index (κ1) is 13.1. The minimum atomic E-state index is -0.389. The zero-order valence-corrected chi connectivity index (χ0v) is 10.3. The van der Waals surface area contributed by atoms with Gasteiger partial charge in [0.05, 0.1) is 0 Å². The molecule has 0 aromatic heterocycles. The third kappa shape index (κ3) is 3.27. The Labute approximate surface area is 95.9 Å². The van der Waals surface area contributed by atoms with Crippen molar-refractivity contribution in [1.82, 2.24) is 5.32 Å². The molecule has 0 saturated carbocycles. The normalized spacial score (nSPS) is 13.9. The maximum Gasteiger partial charge on any atom is 0.126 e. The molecule has 0 spiro atoms. The monoisotopic (exact) mass is 227 g/mol. The second kappa shape index (κ2) is 4.91. The van der Waals surface area contributed by atoms with E-state index in [2.05, 4.69) is 26.1 Å². The first-order chi connectivity index (χ1) is 7.34. The van der Waals surface area contributed by atoms with Crippen LogP contribution in [0.4, 0.5) is 8.78 Å². The standard InChI is InChI=1S/C13H19F2N/c1-13(2,3)12(16-4)8-9-7-10(14)5-6-11(9)15/h5-7,12,16H,8H2,1-4H3. The summed E-state index contributed by atoms with van der Waals surface area (Å²) in [5.41, 5.74) is 0.433. The third-order valence-corrected chi connectivity index (χ3v) is 2.83. The molecule has 0 radical (unpaired) electrons. The van der Waals surface area contributed by atoms with Crippen molar-refractivity contribution in [2.75, 3.05) is 7.05 Å². The fraction of sp³-hybridized carbons (Fsp3) is 0.538. The van der Waals surface area contributed by atoms with Gasteiger partial charge in [-0.2, -0.15) is 0 Å². The van der Waals surface area contributed by atoms with E-state index in [1.807, 2.05) is 7.05 Å². The third-order valence-electron chi connectivity index (χ3n) is 2.83. The fourth-order valence-electron chi connectivity index (χ4n) is 1.76. The summed E-state index contributed by atoms with van der Waals surface area (Å²) in [7, 11) is 1.84. The van der Waals surface area contributed by atoms with Crippen molar-refractivity contribution in [2.45, 2.75) is 33.2 Å². The Bertz CT molecular complexity index is 355. The second-order valence-electron chi connectivity index (χ2n) is 5.15.